The van der Waals surface area contributed by atoms with Crippen LogP contribution in [0.2, 0.25) is 0 Å². The lowest BCUT2D eigenvalue weighted by Crippen LogP contribution is -2.30. The van der Waals surface area contributed by atoms with Gasteiger partial charge in [-0.25, -0.2) is 0 Å². The van der Waals surface area contributed by atoms with E-state index in [1.54, 1.807) is 0 Å². The molecule has 0 atom stereocenters. The van der Waals surface area contributed by atoms with Crippen molar-refractivity contribution in [3.05, 3.63) is 63.7 Å². The van der Waals surface area contributed by atoms with Crippen molar-refractivity contribution in [1.82, 2.24) is 5.32 Å². The fourth-order valence-corrected chi connectivity index (χ4v) is 2.34. The molecule has 2 aromatic carbocycles. The quantitative estimate of drug-likeness (QED) is 0.558. The van der Waals surface area contributed by atoms with Crippen LogP contribution in [0.5, 0.6) is 0 Å². The van der Waals surface area contributed by atoms with Crippen LogP contribution < -0.4 is 10.6 Å². The summed E-state index contributed by atoms with van der Waals surface area (Å²) in [6.45, 7) is 1.02. The molecular formula is C17H19IN2O. The molecule has 0 aliphatic heterocycles. The number of amides is 1. The Hall–Kier alpha value is -1.56. The van der Waals surface area contributed by atoms with Gasteiger partial charge in [0.1, 0.15) is 0 Å². The summed E-state index contributed by atoms with van der Waals surface area (Å²) < 4.78 is 1.18. The summed E-state index contributed by atoms with van der Waals surface area (Å²) in [6, 6.07) is 18.3. The van der Waals surface area contributed by atoms with Crippen LogP contribution in [0.25, 0.3) is 0 Å². The maximum Gasteiger partial charge on any atom is 0.239 e. The molecule has 0 heterocycles. The number of nitrogens with one attached hydrogen (secondary N) is 2. The van der Waals surface area contributed by atoms with Crippen LogP contribution in [-0.2, 0) is 11.2 Å². The predicted octanol–water partition coefficient (Wildman–Crippen LogP) is 3.45. The average Bonchev–Trinajstić information content (AvgIpc) is 2.52. The Bertz CT molecular complexity index is 555. The Morgan fingerprint density at radius 2 is 1.71 bits per heavy atom. The van der Waals surface area contributed by atoms with E-state index in [1.165, 1.54) is 9.13 Å². The third kappa shape index (κ3) is 6.16. The Morgan fingerprint density at radius 1 is 1.00 bits per heavy atom. The SMILES string of the molecule is O=C(CNc1ccc(I)cc1)NCCCc1ccccc1. The third-order valence-corrected chi connectivity index (χ3v) is 3.82. The highest BCUT2D eigenvalue weighted by Gasteiger charge is 2.00. The highest BCUT2D eigenvalue weighted by molar-refractivity contribution is 14.1. The highest BCUT2D eigenvalue weighted by atomic mass is 127. The van der Waals surface area contributed by atoms with Crippen molar-refractivity contribution in [3.8, 4) is 0 Å². The molecule has 0 bridgehead atoms. The van der Waals surface area contributed by atoms with Gasteiger partial charge in [0.2, 0.25) is 5.91 Å². The summed E-state index contributed by atoms with van der Waals surface area (Å²) in [5.74, 6) is 0.0293. The van der Waals surface area contributed by atoms with E-state index >= 15 is 0 Å². The van der Waals surface area contributed by atoms with Gasteiger partial charge in [0.15, 0.2) is 0 Å². The van der Waals surface area contributed by atoms with E-state index in [4.69, 9.17) is 0 Å². The van der Waals surface area contributed by atoms with Gasteiger partial charge >= 0.3 is 0 Å². The Kier molecular flexibility index (Phi) is 6.53. The first-order valence-electron chi connectivity index (χ1n) is 7.04. The zero-order valence-electron chi connectivity index (χ0n) is 11.8. The monoisotopic (exact) mass is 394 g/mol. The number of anilines is 1. The normalized spacial score (nSPS) is 10.1. The van der Waals surface area contributed by atoms with Crippen molar-refractivity contribution in [3.63, 3.8) is 0 Å². The van der Waals surface area contributed by atoms with Crippen molar-refractivity contribution in [2.45, 2.75) is 12.8 Å². The number of carbonyl (C=O) groups is 1. The van der Waals surface area contributed by atoms with Gasteiger partial charge in [0.05, 0.1) is 6.54 Å². The zero-order valence-corrected chi connectivity index (χ0v) is 14.0. The smallest absolute Gasteiger partial charge is 0.239 e. The summed E-state index contributed by atoms with van der Waals surface area (Å²) in [4.78, 5) is 11.7. The Balaban J connectivity index is 1.60. The summed E-state index contributed by atoms with van der Waals surface area (Å²) >= 11 is 2.26. The Morgan fingerprint density at radius 3 is 2.43 bits per heavy atom. The van der Waals surface area contributed by atoms with Gasteiger partial charge in [0, 0.05) is 15.8 Å². The van der Waals surface area contributed by atoms with Gasteiger partial charge < -0.3 is 10.6 Å². The lowest BCUT2D eigenvalue weighted by atomic mass is 10.1. The number of hydrogen-bond donors (Lipinski definition) is 2. The maximum atomic E-state index is 11.7. The van der Waals surface area contributed by atoms with Crippen LogP contribution in [0, 0.1) is 3.57 Å². The molecule has 0 fully saturated rings. The molecule has 0 aliphatic rings. The Labute approximate surface area is 139 Å². The van der Waals surface area contributed by atoms with Crippen LogP contribution in [0.3, 0.4) is 0 Å². The number of rotatable bonds is 7. The fraction of sp³-hybridized carbons (Fsp3) is 0.235. The maximum absolute atomic E-state index is 11.7. The molecule has 2 aromatic rings. The minimum atomic E-state index is 0.0293. The van der Waals surface area contributed by atoms with Crippen molar-refractivity contribution >= 4 is 34.2 Å². The van der Waals surface area contributed by atoms with E-state index in [1.807, 2.05) is 42.5 Å². The lowest BCUT2D eigenvalue weighted by molar-refractivity contribution is -0.119. The first-order chi connectivity index (χ1) is 10.2. The number of halogens is 1. The van der Waals surface area contributed by atoms with Crippen LogP contribution in [0.4, 0.5) is 5.69 Å². The molecular weight excluding hydrogens is 375 g/mol. The van der Waals surface area contributed by atoms with Gasteiger partial charge in [-0.05, 0) is 65.3 Å². The van der Waals surface area contributed by atoms with E-state index in [0.717, 1.165) is 18.5 Å². The molecule has 110 valence electrons. The summed E-state index contributed by atoms with van der Waals surface area (Å²) in [7, 11) is 0. The zero-order chi connectivity index (χ0) is 14.9. The topological polar surface area (TPSA) is 41.1 Å². The molecule has 0 aromatic heterocycles. The molecule has 2 rings (SSSR count). The van der Waals surface area contributed by atoms with Crippen LogP contribution in [0.1, 0.15) is 12.0 Å². The van der Waals surface area contributed by atoms with E-state index < -0.39 is 0 Å². The molecule has 3 nitrogen and oxygen atoms in total. The first kappa shape index (κ1) is 15.8. The van der Waals surface area contributed by atoms with Gasteiger partial charge in [0.25, 0.3) is 0 Å². The van der Waals surface area contributed by atoms with Gasteiger partial charge in [-0.15, -0.1) is 0 Å². The van der Waals surface area contributed by atoms with Crippen LogP contribution in [0.15, 0.2) is 54.6 Å². The minimum absolute atomic E-state index is 0.0293. The third-order valence-electron chi connectivity index (χ3n) is 3.10. The lowest BCUT2D eigenvalue weighted by Gasteiger charge is -2.08. The second-order valence-electron chi connectivity index (χ2n) is 4.80. The molecule has 21 heavy (non-hydrogen) atoms. The van der Waals surface area contributed by atoms with Crippen molar-refractivity contribution in [1.29, 1.82) is 0 Å². The summed E-state index contributed by atoms with van der Waals surface area (Å²) in [5.41, 5.74) is 2.28. The second kappa shape index (κ2) is 8.67. The van der Waals surface area contributed by atoms with Gasteiger partial charge in [-0.3, -0.25) is 4.79 Å². The van der Waals surface area contributed by atoms with Crippen molar-refractivity contribution < 1.29 is 4.79 Å². The van der Waals surface area contributed by atoms with Crippen molar-refractivity contribution in [2.75, 3.05) is 18.4 Å². The van der Waals surface area contributed by atoms with Gasteiger partial charge in [-0.2, -0.15) is 0 Å². The number of aryl methyl sites for hydroxylation is 1. The molecule has 2 N–H and O–H groups in total. The minimum Gasteiger partial charge on any atom is -0.376 e. The first-order valence-corrected chi connectivity index (χ1v) is 8.12. The molecule has 4 heteroatoms. The number of carbonyl (C=O) groups excluding carboxylic acids is 1. The average molecular weight is 394 g/mol. The number of hydrogen-bond acceptors (Lipinski definition) is 2. The van der Waals surface area contributed by atoms with Crippen molar-refractivity contribution in [2.24, 2.45) is 0 Å². The largest absolute Gasteiger partial charge is 0.376 e. The van der Waals surface area contributed by atoms with Crippen LogP contribution >= 0.6 is 22.6 Å². The molecule has 0 aliphatic carbocycles. The molecule has 0 radical (unpaired) electrons. The van der Waals surface area contributed by atoms with Gasteiger partial charge in [-0.1, -0.05) is 30.3 Å². The molecule has 0 spiro atoms. The number of benzene rings is 2. The molecule has 1 amide bonds. The summed E-state index contributed by atoms with van der Waals surface area (Å²) in [6.07, 6.45) is 1.95. The second-order valence-corrected chi connectivity index (χ2v) is 6.05. The highest BCUT2D eigenvalue weighted by Crippen LogP contribution is 2.10. The predicted molar refractivity (Wildman–Crippen MR) is 95.4 cm³/mol. The summed E-state index contributed by atoms with van der Waals surface area (Å²) in [5, 5.41) is 6.05. The van der Waals surface area contributed by atoms with Crippen LogP contribution in [-0.4, -0.2) is 19.0 Å². The van der Waals surface area contributed by atoms with E-state index in [0.29, 0.717) is 13.1 Å². The standard InChI is InChI=1S/C17H19IN2O/c18-15-8-10-16(11-9-15)20-13-17(21)19-12-4-7-14-5-2-1-3-6-14/h1-3,5-6,8-11,20H,4,7,12-13H2,(H,19,21). The van der Waals surface area contributed by atoms with E-state index in [9.17, 15) is 4.79 Å². The molecule has 0 saturated heterocycles. The molecule has 0 saturated carbocycles. The fourth-order valence-electron chi connectivity index (χ4n) is 1.98. The molecule has 0 unspecified atom stereocenters. The van der Waals surface area contributed by atoms with E-state index in [-0.39, 0.29) is 5.91 Å². The van der Waals surface area contributed by atoms with E-state index in [2.05, 4.69) is 45.4 Å².